The van der Waals surface area contributed by atoms with Gasteiger partial charge in [-0.25, -0.2) is 0 Å². The van der Waals surface area contributed by atoms with Gasteiger partial charge in [0.25, 0.3) is 0 Å². The molecule has 1 saturated carbocycles. The minimum absolute atomic E-state index is 0.811. The SMILES string of the molecule is CC(C)CN(CCCBr)C1CCCC1. The van der Waals surface area contributed by atoms with Crippen LogP contribution >= 0.6 is 15.9 Å². The Morgan fingerprint density at radius 3 is 2.43 bits per heavy atom. The largest absolute Gasteiger partial charge is 0.300 e. The zero-order chi connectivity index (χ0) is 10.4. The molecule has 1 fully saturated rings. The Kier molecular flexibility index (Phi) is 6.11. The molecule has 0 aromatic carbocycles. The molecule has 1 rings (SSSR count). The fourth-order valence-electron chi connectivity index (χ4n) is 2.42. The highest BCUT2D eigenvalue weighted by molar-refractivity contribution is 9.09. The van der Waals surface area contributed by atoms with Crippen LogP contribution in [-0.4, -0.2) is 29.4 Å². The Hall–Kier alpha value is 0.440. The van der Waals surface area contributed by atoms with Gasteiger partial charge in [-0.2, -0.15) is 0 Å². The number of halogens is 1. The highest BCUT2D eigenvalue weighted by atomic mass is 79.9. The van der Waals surface area contributed by atoms with E-state index < -0.39 is 0 Å². The summed E-state index contributed by atoms with van der Waals surface area (Å²) in [7, 11) is 0. The summed E-state index contributed by atoms with van der Waals surface area (Å²) in [6.07, 6.45) is 7.08. The van der Waals surface area contributed by atoms with E-state index in [0.717, 1.165) is 17.3 Å². The van der Waals surface area contributed by atoms with Gasteiger partial charge in [0.15, 0.2) is 0 Å². The first-order valence-corrected chi connectivity index (χ1v) is 7.16. The molecule has 0 saturated heterocycles. The Balaban J connectivity index is 2.34. The number of nitrogens with zero attached hydrogens (tertiary/aromatic N) is 1. The Morgan fingerprint density at radius 2 is 1.93 bits per heavy atom. The van der Waals surface area contributed by atoms with Crippen molar-refractivity contribution >= 4 is 15.9 Å². The van der Waals surface area contributed by atoms with Crippen LogP contribution in [0.2, 0.25) is 0 Å². The van der Waals surface area contributed by atoms with Gasteiger partial charge >= 0.3 is 0 Å². The highest BCUT2D eigenvalue weighted by Crippen LogP contribution is 2.24. The van der Waals surface area contributed by atoms with E-state index in [0.29, 0.717) is 0 Å². The summed E-state index contributed by atoms with van der Waals surface area (Å²) in [5.41, 5.74) is 0. The van der Waals surface area contributed by atoms with Crippen molar-refractivity contribution in [1.29, 1.82) is 0 Å². The average molecular weight is 262 g/mol. The lowest BCUT2D eigenvalue weighted by molar-refractivity contribution is 0.178. The first-order chi connectivity index (χ1) is 6.74. The number of alkyl halides is 1. The fraction of sp³-hybridized carbons (Fsp3) is 1.00. The topological polar surface area (TPSA) is 3.24 Å². The van der Waals surface area contributed by atoms with Crippen LogP contribution in [0.1, 0.15) is 46.0 Å². The molecule has 0 unspecified atom stereocenters. The first-order valence-electron chi connectivity index (χ1n) is 6.04. The summed E-state index contributed by atoms with van der Waals surface area (Å²) < 4.78 is 0. The van der Waals surface area contributed by atoms with Crippen LogP contribution in [-0.2, 0) is 0 Å². The smallest absolute Gasteiger partial charge is 0.00953 e. The molecule has 0 N–H and O–H groups in total. The molecule has 0 aromatic rings. The van der Waals surface area contributed by atoms with Crippen LogP contribution in [0, 0.1) is 5.92 Å². The summed E-state index contributed by atoms with van der Waals surface area (Å²) in [5.74, 6) is 0.811. The molecule has 2 heteroatoms. The monoisotopic (exact) mass is 261 g/mol. The zero-order valence-electron chi connectivity index (χ0n) is 9.64. The van der Waals surface area contributed by atoms with Gasteiger partial charge in [0.2, 0.25) is 0 Å². The van der Waals surface area contributed by atoms with Gasteiger partial charge in [-0.15, -0.1) is 0 Å². The molecule has 0 atom stereocenters. The third-order valence-electron chi connectivity index (χ3n) is 3.02. The molecule has 1 nitrogen and oxygen atoms in total. The Morgan fingerprint density at radius 1 is 1.29 bits per heavy atom. The van der Waals surface area contributed by atoms with Crippen LogP contribution in [0.25, 0.3) is 0 Å². The summed E-state index contributed by atoms with van der Waals surface area (Å²) >= 11 is 3.53. The van der Waals surface area contributed by atoms with Crippen LogP contribution in [0.15, 0.2) is 0 Å². The van der Waals surface area contributed by atoms with E-state index in [1.54, 1.807) is 0 Å². The van der Waals surface area contributed by atoms with Gasteiger partial charge in [-0.3, -0.25) is 0 Å². The first kappa shape index (κ1) is 12.5. The second-order valence-electron chi connectivity index (χ2n) is 4.87. The number of hydrogen-bond donors (Lipinski definition) is 0. The normalized spacial score (nSPS) is 18.6. The Labute approximate surface area is 97.4 Å². The van der Waals surface area contributed by atoms with Crippen molar-refractivity contribution in [3.8, 4) is 0 Å². The standard InChI is InChI=1S/C12H24BrN/c1-11(2)10-14(9-5-8-13)12-6-3-4-7-12/h11-12H,3-10H2,1-2H3. The van der Waals surface area contributed by atoms with Gasteiger partial charge in [0.1, 0.15) is 0 Å². The van der Waals surface area contributed by atoms with E-state index >= 15 is 0 Å². The van der Waals surface area contributed by atoms with Crippen molar-refractivity contribution in [3.05, 3.63) is 0 Å². The maximum Gasteiger partial charge on any atom is 0.00953 e. The lowest BCUT2D eigenvalue weighted by atomic mass is 10.1. The Bertz CT molecular complexity index is 141. The molecule has 0 spiro atoms. The molecule has 0 radical (unpaired) electrons. The van der Waals surface area contributed by atoms with E-state index in [-0.39, 0.29) is 0 Å². The van der Waals surface area contributed by atoms with Crippen molar-refractivity contribution in [2.75, 3.05) is 18.4 Å². The van der Waals surface area contributed by atoms with E-state index in [9.17, 15) is 0 Å². The van der Waals surface area contributed by atoms with E-state index in [1.807, 2.05) is 0 Å². The number of rotatable bonds is 6. The van der Waals surface area contributed by atoms with Crippen molar-refractivity contribution in [2.45, 2.75) is 52.0 Å². The van der Waals surface area contributed by atoms with Gasteiger partial charge < -0.3 is 4.90 Å². The van der Waals surface area contributed by atoms with Crippen molar-refractivity contribution in [1.82, 2.24) is 4.90 Å². The van der Waals surface area contributed by atoms with E-state index in [1.165, 1.54) is 45.2 Å². The summed E-state index contributed by atoms with van der Waals surface area (Å²) in [6, 6.07) is 0.899. The lowest BCUT2D eigenvalue weighted by Gasteiger charge is -2.30. The lowest BCUT2D eigenvalue weighted by Crippen LogP contribution is -2.37. The molecule has 0 bridgehead atoms. The molecule has 0 amide bonds. The number of hydrogen-bond acceptors (Lipinski definition) is 1. The quantitative estimate of drug-likeness (QED) is 0.660. The zero-order valence-corrected chi connectivity index (χ0v) is 11.2. The predicted octanol–water partition coefficient (Wildman–Crippen LogP) is 3.67. The molecule has 84 valence electrons. The maximum atomic E-state index is 3.53. The molecule has 1 aliphatic carbocycles. The van der Waals surface area contributed by atoms with Crippen molar-refractivity contribution < 1.29 is 0 Å². The van der Waals surface area contributed by atoms with Gasteiger partial charge in [0.05, 0.1) is 0 Å². The van der Waals surface area contributed by atoms with Crippen LogP contribution in [0.4, 0.5) is 0 Å². The second kappa shape index (κ2) is 6.84. The molecule has 0 aromatic heterocycles. The minimum atomic E-state index is 0.811. The average Bonchev–Trinajstić information content (AvgIpc) is 2.64. The maximum absolute atomic E-state index is 3.53. The van der Waals surface area contributed by atoms with Crippen molar-refractivity contribution in [3.63, 3.8) is 0 Å². The minimum Gasteiger partial charge on any atom is -0.300 e. The molecule has 1 aliphatic rings. The molecular formula is C12H24BrN. The summed E-state index contributed by atoms with van der Waals surface area (Å²) in [6.45, 7) is 7.23. The third kappa shape index (κ3) is 4.31. The predicted molar refractivity (Wildman–Crippen MR) is 67.1 cm³/mol. The second-order valence-corrected chi connectivity index (χ2v) is 5.66. The highest BCUT2D eigenvalue weighted by Gasteiger charge is 2.22. The van der Waals surface area contributed by atoms with Gasteiger partial charge in [-0.05, 0) is 31.7 Å². The summed E-state index contributed by atoms with van der Waals surface area (Å²) in [5, 5.41) is 1.15. The molecule has 0 aliphatic heterocycles. The fourth-order valence-corrected chi connectivity index (χ4v) is 2.67. The van der Waals surface area contributed by atoms with Crippen LogP contribution < -0.4 is 0 Å². The van der Waals surface area contributed by atoms with Crippen LogP contribution in [0.3, 0.4) is 0 Å². The molecule has 0 heterocycles. The van der Waals surface area contributed by atoms with Gasteiger partial charge in [0, 0.05) is 17.9 Å². The third-order valence-corrected chi connectivity index (χ3v) is 3.58. The van der Waals surface area contributed by atoms with Crippen LogP contribution in [0.5, 0.6) is 0 Å². The van der Waals surface area contributed by atoms with E-state index in [2.05, 4.69) is 34.7 Å². The van der Waals surface area contributed by atoms with E-state index in [4.69, 9.17) is 0 Å². The van der Waals surface area contributed by atoms with Crippen molar-refractivity contribution in [2.24, 2.45) is 5.92 Å². The van der Waals surface area contributed by atoms with Gasteiger partial charge in [-0.1, -0.05) is 42.6 Å². The summed E-state index contributed by atoms with van der Waals surface area (Å²) in [4.78, 5) is 2.72. The molecular weight excluding hydrogens is 238 g/mol. The molecule has 14 heavy (non-hydrogen) atoms.